The molecule has 0 bridgehead atoms. The maximum Gasteiger partial charge on any atom is 0.255 e. The predicted molar refractivity (Wildman–Crippen MR) is 147 cm³/mol. The first kappa shape index (κ1) is 28.1. The summed E-state index contributed by atoms with van der Waals surface area (Å²) in [6.45, 7) is 5.71. The van der Waals surface area contributed by atoms with Crippen LogP contribution in [0.5, 0.6) is 0 Å². The Morgan fingerprint density at radius 1 is 0.892 bits per heavy atom. The highest BCUT2D eigenvalue weighted by Crippen LogP contribution is 2.34. The minimum Gasteiger partial charge on any atom is -0.379 e. The van der Waals surface area contributed by atoms with E-state index in [4.69, 9.17) is 4.74 Å². The number of ether oxygens (including phenoxy) is 1. The molecule has 3 amide bonds. The number of hydrogen-bond acceptors (Lipinski definition) is 6. The van der Waals surface area contributed by atoms with Gasteiger partial charge in [-0.1, -0.05) is 57.4 Å². The van der Waals surface area contributed by atoms with Crippen LogP contribution < -0.4 is 5.32 Å². The maximum atomic E-state index is 13.0. The fraction of sp³-hybridized carbons (Fsp3) is 0.690. The third-order valence-corrected chi connectivity index (χ3v) is 8.96. The van der Waals surface area contributed by atoms with Crippen molar-refractivity contribution >= 4 is 29.5 Å². The Morgan fingerprint density at radius 3 is 2.27 bits per heavy atom. The molecule has 0 spiro atoms. The maximum absolute atomic E-state index is 13.0. The van der Waals surface area contributed by atoms with E-state index in [0.717, 1.165) is 42.5 Å². The summed E-state index contributed by atoms with van der Waals surface area (Å²) in [6.07, 6.45) is 13.9. The highest BCUT2D eigenvalue weighted by atomic mass is 32.2. The van der Waals surface area contributed by atoms with Crippen molar-refractivity contribution in [2.24, 2.45) is 0 Å². The second kappa shape index (κ2) is 14.9. The van der Waals surface area contributed by atoms with Crippen LogP contribution in [-0.4, -0.2) is 72.2 Å². The van der Waals surface area contributed by atoms with Gasteiger partial charge in [-0.25, -0.2) is 0 Å². The Balaban J connectivity index is 1.04. The quantitative estimate of drug-likeness (QED) is 0.200. The number of fused-ring (bicyclic) bond motifs is 1. The van der Waals surface area contributed by atoms with Crippen LogP contribution in [0.1, 0.15) is 93.0 Å². The summed E-state index contributed by atoms with van der Waals surface area (Å²) < 4.78 is 5.41. The summed E-state index contributed by atoms with van der Waals surface area (Å²) in [5.74, 6) is 0.350. The van der Waals surface area contributed by atoms with Crippen molar-refractivity contribution in [2.75, 3.05) is 38.6 Å². The molecule has 0 aromatic heterocycles. The molecule has 1 unspecified atom stereocenters. The molecule has 37 heavy (non-hydrogen) atoms. The van der Waals surface area contributed by atoms with Gasteiger partial charge in [-0.2, -0.15) is 0 Å². The Kier molecular flexibility index (Phi) is 11.3. The topological polar surface area (TPSA) is 79.0 Å². The third-order valence-electron chi connectivity index (χ3n) is 7.77. The molecule has 0 aliphatic carbocycles. The molecule has 2 saturated heterocycles. The monoisotopic (exact) mass is 529 g/mol. The van der Waals surface area contributed by atoms with Gasteiger partial charge in [0.1, 0.15) is 6.04 Å². The van der Waals surface area contributed by atoms with Gasteiger partial charge in [0.2, 0.25) is 11.8 Å². The molecular weight excluding hydrogens is 486 g/mol. The highest BCUT2D eigenvalue weighted by molar-refractivity contribution is 7.99. The zero-order chi connectivity index (χ0) is 25.9. The van der Waals surface area contributed by atoms with Gasteiger partial charge < -0.3 is 9.64 Å². The average Bonchev–Trinajstić information content (AvgIpc) is 3.24. The Hall–Kier alpha value is -1.90. The summed E-state index contributed by atoms with van der Waals surface area (Å²) >= 11 is 1.82. The zero-order valence-corrected chi connectivity index (χ0v) is 23.0. The molecule has 2 fully saturated rings. The summed E-state index contributed by atoms with van der Waals surface area (Å²) in [7, 11) is 0. The van der Waals surface area contributed by atoms with E-state index in [2.05, 4.69) is 16.3 Å². The van der Waals surface area contributed by atoms with Gasteiger partial charge in [-0.05, 0) is 49.3 Å². The number of rotatable bonds is 15. The molecule has 4 rings (SSSR count). The second-order valence-electron chi connectivity index (χ2n) is 10.5. The molecule has 8 heteroatoms. The van der Waals surface area contributed by atoms with Crippen molar-refractivity contribution in [3.05, 3.63) is 29.3 Å². The first-order valence-electron chi connectivity index (χ1n) is 14.3. The first-order valence-corrected chi connectivity index (χ1v) is 15.3. The molecule has 1 aromatic carbocycles. The van der Waals surface area contributed by atoms with Crippen molar-refractivity contribution in [2.45, 2.75) is 94.5 Å². The largest absolute Gasteiger partial charge is 0.379 e. The number of unbranched alkanes of at least 4 members (excludes halogenated alkanes) is 9. The molecular formula is C29H43N3O4S. The van der Waals surface area contributed by atoms with Crippen molar-refractivity contribution in [1.82, 2.24) is 15.1 Å². The SMILES string of the molecule is O=C1CCC(N2Cc3c(SCCCCCCCCCCCCN4CCOCC4)cccc3C2=O)C(=O)N1. The molecule has 0 radical (unpaired) electrons. The van der Waals surface area contributed by atoms with Crippen molar-refractivity contribution in [3.8, 4) is 0 Å². The second-order valence-corrected chi connectivity index (χ2v) is 11.7. The molecule has 0 saturated carbocycles. The van der Waals surface area contributed by atoms with Gasteiger partial charge in [-0.15, -0.1) is 11.8 Å². The molecule has 1 N–H and O–H groups in total. The van der Waals surface area contributed by atoms with Gasteiger partial charge in [-0.3, -0.25) is 24.6 Å². The van der Waals surface area contributed by atoms with Crippen LogP contribution in [-0.2, 0) is 20.9 Å². The highest BCUT2D eigenvalue weighted by Gasteiger charge is 2.39. The predicted octanol–water partition coefficient (Wildman–Crippen LogP) is 4.77. The van der Waals surface area contributed by atoms with Gasteiger partial charge in [0, 0.05) is 36.5 Å². The number of morpholine rings is 1. The van der Waals surface area contributed by atoms with Crippen LogP contribution in [0, 0.1) is 0 Å². The number of benzene rings is 1. The summed E-state index contributed by atoms with van der Waals surface area (Å²) in [5.41, 5.74) is 1.74. The van der Waals surface area contributed by atoms with Gasteiger partial charge in [0.05, 0.1) is 13.2 Å². The first-order chi connectivity index (χ1) is 18.1. The average molecular weight is 530 g/mol. The van der Waals surface area contributed by atoms with Crippen LogP contribution in [0.25, 0.3) is 0 Å². The van der Waals surface area contributed by atoms with E-state index in [1.807, 2.05) is 23.9 Å². The number of carbonyl (C=O) groups is 3. The minimum atomic E-state index is -0.550. The minimum absolute atomic E-state index is 0.0935. The van der Waals surface area contributed by atoms with Crippen molar-refractivity contribution in [3.63, 3.8) is 0 Å². The molecule has 204 valence electrons. The summed E-state index contributed by atoms with van der Waals surface area (Å²) in [4.78, 5) is 42.1. The number of nitrogens with zero attached hydrogens (tertiary/aromatic N) is 2. The fourth-order valence-corrected chi connectivity index (χ4v) is 6.64. The number of piperidine rings is 1. The fourth-order valence-electron chi connectivity index (χ4n) is 5.55. The lowest BCUT2D eigenvalue weighted by Crippen LogP contribution is -2.52. The van der Waals surface area contributed by atoms with E-state index in [1.54, 1.807) is 4.90 Å². The van der Waals surface area contributed by atoms with Gasteiger partial charge >= 0.3 is 0 Å². The number of imide groups is 1. The standard InChI is InChI=1S/C29H43N3O4S/c33-27-15-14-25(28(34)30-27)32-22-24-23(29(32)35)12-11-13-26(24)37-21-10-8-6-4-2-1-3-5-7-9-16-31-17-19-36-20-18-31/h11-13,25H,1-10,14-22H2,(H,30,33,34). The van der Waals surface area contributed by atoms with Crippen LogP contribution >= 0.6 is 11.8 Å². The van der Waals surface area contributed by atoms with Gasteiger partial charge in [0.25, 0.3) is 5.91 Å². The Bertz CT molecular complexity index is 918. The number of nitrogens with one attached hydrogen (secondary N) is 1. The molecule has 7 nitrogen and oxygen atoms in total. The molecule has 3 aliphatic rings. The van der Waals surface area contributed by atoms with E-state index in [-0.39, 0.29) is 24.1 Å². The molecule has 1 aromatic rings. The van der Waals surface area contributed by atoms with Gasteiger partial charge in [0.15, 0.2) is 0 Å². The van der Waals surface area contributed by atoms with E-state index >= 15 is 0 Å². The van der Waals surface area contributed by atoms with E-state index < -0.39 is 6.04 Å². The number of amides is 3. The lowest BCUT2D eigenvalue weighted by atomic mass is 10.0. The van der Waals surface area contributed by atoms with E-state index in [9.17, 15) is 14.4 Å². The molecule has 1 atom stereocenters. The lowest BCUT2D eigenvalue weighted by molar-refractivity contribution is -0.136. The third kappa shape index (κ3) is 8.29. The summed E-state index contributed by atoms with van der Waals surface area (Å²) in [6, 6.07) is 5.34. The summed E-state index contributed by atoms with van der Waals surface area (Å²) in [5, 5.41) is 2.38. The van der Waals surface area contributed by atoms with Crippen LogP contribution in [0.3, 0.4) is 0 Å². The molecule has 3 heterocycles. The number of thioether (sulfide) groups is 1. The van der Waals surface area contributed by atoms with E-state index in [0.29, 0.717) is 18.5 Å². The zero-order valence-electron chi connectivity index (χ0n) is 22.2. The van der Waals surface area contributed by atoms with E-state index in [1.165, 1.54) is 70.8 Å². The number of hydrogen-bond donors (Lipinski definition) is 1. The van der Waals surface area contributed by atoms with Crippen LogP contribution in [0.15, 0.2) is 23.1 Å². The number of carbonyl (C=O) groups excluding carboxylic acids is 3. The van der Waals surface area contributed by atoms with Crippen molar-refractivity contribution in [1.29, 1.82) is 0 Å². The normalized spacial score (nSPS) is 20.4. The molecule has 3 aliphatic heterocycles. The van der Waals surface area contributed by atoms with Crippen molar-refractivity contribution < 1.29 is 19.1 Å². The Labute approximate surface area is 226 Å². The smallest absolute Gasteiger partial charge is 0.255 e. The van der Waals surface area contributed by atoms with Crippen LogP contribution in [0.2, 0.25) is 0 Å². The lowest BCUT2D eigenvalue weighted by Gasteiger charge is -2.29. The Morgan fingerprint density at radius 2 is 1.57 bits per heavy atom. The van der Waals surface area contributed by atoms with Crippen LogP contribution in [0.4, 0.5) is 0 Å².